The van der Waals surface area contributed by atoms with Gasteiger partial charge in [0.25, 0.3) is 11.8 Å². The molecule has 0 unspecified atom stereocenters. The van der Waals surface area contributed by atoms with Gasteiger partial charge in [-0.1, -0.05) is 50.2 Å². The van der Waals surface area contributed by atoms with Crippen molar-refractivity contribution in [3.8, 4) is 0 Å². The third-order valence-electron chi connectivity index (χ3n) is 4.27. The summed E-state index contributed by atoms with van der Waals surface area (Å²) in [5.41, 5.74) is 0.0854. The van der Waals surface area contributed by atoms with Gasteiger partial charge in [0.2, 0.25) is 0 Å². The molecule has 3 rings (SSSR count). The van der Waals surface area contributed by atoms with Crippen LogP contribution in [0.4, 0.5) is 0 Å². The maximum Gasteiger partial charge on any atom is 0.279 e. The Morgan fingerprint density at radius 1 is 0.769 bits per heavy atom. The van der Waals surface area contributed by atoms with Crippen LogP contribution in [-0.2, 0) is 19.2 Å². The van der Waals surface area contributed by atoms with Crippen molar-refractivity contribution in [2.45, 2.75) is 39.5 Å². The number of allylic oxidation sites excluding steroid dienone is 4. The molecule has 0 aromatic heterocycles. The van der Waals surface area contributed by atoms with Gasteiger partial charge in [0.15, 0.2) is 11.6 Å². The summed E-state index contributed by atoms with van der Waals surface area (Å²) < 4.78 is 0.441. The number of rotatable bonds is 6. The standard InChI is InChI=1S/C18H20N2O4S2/c1-3-5-9-19-16(23)13(17(24)20(19)10-6-4-2)18-25-14-11(21)7-8-12(22)15(14)26-18/h7-8H,3-6,9-10H2,1-2H3. The average Bonchev–Trinajstić information content (AvgIpc) is 3.15. The van der Waals surface area contributed by atoms with Gasteiger partial charge in [-0.3, -0.25) is 19.2 Å². The maximum absolute atomic E-state index is 12.9. The summed E-state index contributed by atoms with van der Waals surface area (Å²) in [6.45, 7) is 5.04. The van der Waals surface area contributed by atoms with Crippen LogP contribution in [0.15, 0.2) is 31.8 Å². The molecule has 2 amide bonds. The quantitative estimate of drug-likeness (QED) is 0.393. The highest BCUT2D eigenvalue weighted by Gasteiger charge is 2.45. The Balaban J connectivity index is 1.91. The first-order valence-electron chi connectivity index (χ1n) is 8.74. The van der Waals surface area contributed by atoms with Crippen molar-refractivity contribution < 1.29 is 19.2 Å². The molecule has 26 heavy (non-hydrogen) atoms. The van der Waals surface area contributed by atoms with E-state index in [4.69, 9.17) is 0 Å². The van der Waals surface area contributed by atoms with Gasteiger partial charge in [-0.2, -0.15) is 0 Å². The number of hydrogen-bond acceptors (Lipinski definition) is 6. The minimum absolute atomic E-state index is 0.0854. The lowest BCUT2D eigenvalue weighted by molar-refractivity contribution is -0.147. The predicted molar refractivity (Wildman–Crippen MR) is 102 cm³/mol. The molecule has 0 aromatic carbocycles. The van der Waals surface area contributed by atoms with Crippen molar-refractivity contribution in [3.05, 3.63) is 31.8 Å². The molecule has 2 heterocycles. The summed E-state index contributed by atoms with van der Waals surface area (Å²) in [5, 5.41) is 3.04. The number of carbonyl (C=O) groups is 4. The molecule has 1 aliphatic carbocycles. The SMILES string of the molecule is CCCCN1C(=O)C(=C2SC3=C(S2)C(=O)C=CC3=O)C(=O)N1CCCC. The third kappa shape index (κ3) is 3.27. The Bertz CT molecular complexity index is 722. The zero-order valence-corrected chi connectivity index (χ0v) is 16.4. The lowest BCUT2D eigenvalue weighted by atomic mass is 10.2. The summed E-state index contributed by atoms with van der Waals surface area (Å²) in [4.78, 5) is 50.5. The lowest BCUT2D eigenvalue weighted by Gasteiger charge is -2.27. The molecule has 0 radical (unpaired) electrons. The maximum atomic E-state index is 12.9. The first-order chi connectivity index (χ1) is 12.5. The van der Waals surface area contributed by atoms with Crippen molar-refractivity contribution in [2.24, 2.45) is 0 Å². The minimum Gasteiger partial charge on any atom is -0.289 e. The normalized spacial score (nSPS) is 20.2. The Morgan fingerprint density at radius 2 is 1.19 bits per heavy atom. The van der Waals surface area contributed by atoms with Crippen LogP contribution in [0.25, 0.3) is 0 Å². The number of amides is 2. The van der Waals surface area contributed by atoms with Crippen LogP contribution in [0.3, 0.4) is 0 Å². The lowest BCUT2D eigenvalue weighted by Crippen LogP contribution is -2.42. The van der Waals surface area contributed by atoms with Crippen molar-refractivity contribution in [2.75, 3.05) is 13.1 Å². The van der Waals surface area contributed by atoms with E-state index in [0.29, 0.717) is 27.1 Å². The molecule has 0 aromatic rings. The number of ketones is 2. The van der Waals surface area contributed by atoms with E-state index >= 15 is 0 Å². The van der Waals surface area contributed by atoms with Crippen LogP contribution in [0.5, 0.6) is 0 Å². The van der Waals surface area contributed by atoms with Crippen LogP contribution in [0.1, 0.15) is 39.5 Å². The van der Waals surface area contributed by atoms with E-state index in [2.05, 4.69) is 0 Å². The van der Waals surface area contributed by atoms with E-state index in [1.807, 2.05) is 13.8 Å². The van der Waals surface area contributed by atoms with Crippen LogP contribution in [0.2, 0.25) is 0 Å². The van der Waals surface area contributed by atoms with Crippen molar-refractivity contribution in [1.82, 2.24) is 10.0 Å². The molecule has 0 spiro atoms. The molecule has 0 bridgehead atoms. The fourth-order valence-electron chi connectivity index (χ4n) is 2.83. The highest BCUT2D eigenvalue weighted by molar-refractivity contribution is 8.29. The fraction of sp³-hybridized carbons (Fsp3) is 0.444. The molecule has 3 aliphatic rings. The van der Waals surface area contributed by atoms with E-state index < -0.39 is 0 Å². The summed E-state index contributed by atoms with van der Waals surface area (Å²) in [5.74, 6) is -1.17. The van der Waals surface area contributed by atoms with E-state index in [0.717, 1.165) is 49.2 Å². The molecular formula is C18H20N2O4S2. The minimum atomic E-state index is -0.331. The Hall–Kier alpha value is -1.80. The zero-order valence-electron chi connectivity index (χ0n) is 14.7. The largest absolute Gasteiger partial charge is 0.289 e. The molecule has 138 valence electrons. The van der Waals surface area contributed by atoms with Gasteiger partial charge in [-0.25, -0.2) is 10.0 Å². The van der Waals surface area contributed by atoms with E-state index in [1.165, 1.54) is 22.2 Å². The monoisotopic (exact) mass is 392 g/mol. The zero-order chi connectivity index (χ0) is 18.8. The topological polar surface area (TPSA) is 74.8 Å². The molecule has 0 saturated carbocycles. The third-order valence-corrected chi connectivity index (χ3v) is 6.90. The molecule has 1 saturated heterocycles. The van der Waals surface area contributed by atoms with Gasteiger partial charge in [0.1, 0.15) is 5.57 Å². The average molecular weight is 393 g/mol. The van der Waals surface area contributed by atoms with Gasteiger partial charge in [-0.15, -0.1) is 0 Å². The van der Waals surface area contributed by atoms with Crippen LogP contribution in [0, 0.1) is 0 Å². The number of unbranched alkanes of at least 4 members (excludes halogenated alkanes) is 2. The smallest absolute Gasteiger partial charge is 0.279 e. The molecule has 6 nitrogen and oxygen atoms in total. The first kappa shape index (κ1) is 19.0. The van der Waals surface area contributed by atoms with Gasteiger partial charge in [0.05, 0.1) is 14.0 Å². The molecule has 1 fully saturated rings. The summed E-state index contributed by atoms with van der Waals surface area (Å²) >= 11 is 2.14. The summed E-state index contributed by atoms with van der Waals surface area (Å²) in [6.07, 6.45) is 5.92. The van der Waals surface area contributed by atoms with Gasteiger partial charge >= 0.3 is 0 Å². The van der Waals surface area contributed by atoms with E-state index in [9.17, 15) is 19.2 Å². The molecule has 2 aliphatic heterocycles. The van der Waals surface area contributed by atoms with Crippen molar-refractivity contribution >= 4 is 46.9 Å². The number of hydrazine groups is 1. The second kappa shape index (κ2) is 7.84. The second-order valence-electron chi connectivity index (χ2n) is 6.15. The predicted octanol–water partition coefficient (Wildman–Crippen LogP) is 2.78. The number of carbonyl (C=O) groups excluding carboxylic acids is 4. The number of hydrogen-bond donors (Lipinski definition) is 0. The summed E-state index contributed by atoms with van der Waals surface area (Å²) in [6, 6.07) is 0. The second-order valence-corrected chi connectivity index (χ2v) is 8.45. The van der Waals surface area contributed by atoms with Gasteiger partial charge in [0, 0.05) is 13.1 Å². The van der Waals surface area contributed by atoms with Gasteiger partial charge < -0.3 is 0 Å². The van der Waals surface area contributed by atoms with Gasteiger partial charge in [-0.05, 0) is 25.0 Å². The van der Waals surface area contributed by atoms with E-state index in [-0.39, 0.29) is 29.0 Å². The number of nitrogens with zero attached hydrogens (tertiary/aromatic N) is 2. The highest BCUT2D eigenvalue weighted by Crippen LogP contribution is 2.53. The molecular weight excluding hydrogens is 372 g/mol. The molecule has 0 N–H and O–H groups in total. The molecule has 8 heteroatoms. The Labute approximate surface area is 160 Å². The first-order valence-corrected chi connectivity index (χ1v) is 10.4. The van der Waals surface area contributed by atoms with Crippen LogP contribution in [-0.4, -0.2) is 46.5 Å². The Kier molecular flexibility index (Phi) is 5.72. The van der Waals surface area contributed by atoms with Crippen molar-refractivity contribution in [1.29, 1.82) is 0 Å². The van der Waals surface area contributed by atoms with E-state index in [1.54, 1.807) is 0 Å². The Morgan fingerprint density at radius 3 is 1.58 bits per heavy atom. The number of thioether (sulfide) groups is 2. The van der Waals surface area contributed by atoms with Crippen molar-refractivity contribution in [3.63, 3.8) is 0 Å². The fourth-order valence-corrected chi connectivity index (χ4v) is 5.40. The molecule has 0 atom stereocenters. The van der Waals surface area contributed by atoms with Crippen LogP contribution < -0.4 is 0 Å². The van der Waals surface area contributed by atoms with Crippen LogP contribution >= 0.6 is 23.5 Å². The summed E-state index contributed by atoms with van der Waals surface area (Å²) in [7, 11) is 0. The highest BCUT2D eigenvalue weighted by atomic mass is 32.2.